The largest absolute Gasteiger partial charge is 0.496 e. The van der Waals surface area contributed by atoms with Crippen molar-refractivity contribution in [2.75, 3.05) is 14.2 Å². The lowest BCUT2D eigenvalue weighted by Crippen LogP contribution is -2.32. The summed E-state index contributed by atoms with van der Waals surface area (Å²) in [6.45, 7) is 0. The van der Waals surface area contributed by atoms with E-state index in [2.05, 4.69) is 0 Å². The molecule has 0 saturated carbocycles. The lowest BCUT2D eigenvalue weighted by molar-refractivity contribution is -0.140. The smallest absolute Gasteiger partial charge is 0.309 e. The maximum absolute atomic E-state index is 12.7. The zero-order valence-electron chi connectivity index (χ0n) is 12.1. The number of esters is 1. The lowest BCUT2D eigenvalue weighted by Gasteiger charge is -2.23. The van der Waals surface area contributed by atoms with Crippen LogP contribution in [-0.2, 0) is 14.3 Å². The number of ketones is 2. The molecule has 2 atom stereocenters. The van der Waals surface area contributed by atoms with Gasteiger partial charge < -0.3 is 14.2 Å². The first kappa shape index (κ1) is 14.5. The fourth-order valence-electron chi connectivity index (χ4n) is 2.80. The Morgan fingerprint density at radius 2 is 1.95 bits per heavy atom. The Balaban J connectivity index is 2.05. The van der Waals surface area contributed by atoms with E-state index < -0.39 is 18.2 Å². The summed E-state index contributed by atoms with van der Waals surface area (Å²) in [6, 6.07) is 4.82. The number of hydrogen-bond donors (Lipinski definition) is 0. The van der Waals surface area contributed by atoms with Crippen molar-refractivity contribution in [2.45, 2.75) is 18.6 Å². The molecule has 1 saturated heterocycles. The molecule has 0 aromatic heterocycles. The second-order valence-electron chi connectivity index (χ2n) is 5.06. The minimum Gasteiger partial charge on any atom is -0.496 e. The van der Waals surface area contributed by atoms with Crippen molar-refractivity contribution in [2.24, 2.45) is 0 Å². The first-order valence-corrected chi connectivity index (χ1v) is 6.76. The number of allylic oxidation sites excluding steroid dienone is 1. The highest BCUT2D eigenvalue weighted by Crippen LogP contribution is 2.34. The number of benzene rings is 1. The van der Waals surface area contributed by atoms with Crippen LogP contribution in [0.3, 0.4) is 0 Å². The van der Waals surface area contributed by atoms with Gasteiger partial charge in [0.2, 0.25) is 0 Å². The number of hydrogen-bond acceptors (Lipinski definition) is 6. The third-order valence-electron chi connectivity index (χ3n) is 3.86. The molecule has 0 unspecified atom stereocenters. The topological polar surface area (TPSA) is 78.9 Å². The van der Waals surface area contributed by atoms with Crippen LogP contribution in [0.4, 0.5) is 0 Å². The molecule has 0 N–H and O–H groups in total. The molecule has 6 heteroatoms. The molecule has 0 bridgehead atoms. The van der Waals surface area contributed by atoms with E-state index >= 15 is 0 Å². The van der Waals surface area contributed by atoms with Crippen molar-refractivity contribution in [1.82, 2.24) is 0 Å². The fourth-order valence-corrected chi connectivity index (χ4v) is 2.80. The van der Waals surface area contributed by atoms with Gasteiger partial charge in [-0.25, -0.2) is 0 Å². The van der Waals surface area contributed by atoms with Gasteiger partial charge in [0.15, 0.2) is 17.7 Å². The molecule has 1 aromatic rings. The minimum absolute atomic E-state index is 0.0605. The van der Waals surface area contributed by atoms with Gasteiger partial charge in [-0.05, 0) is 12.1 Å². The first-order valence-electron chi connectivity index (χ1n) is 6.76. The van der Waals surface area contributed by atoms with Crippen LogP contribution < -0.4 is 4.74 Å². The number of methoxy groups -OCH3 is 2. The summed E-state index contributed by atoms with van der Waals surface area (Å²) in [5.41, 5.74) is 0.625. The number of rotatable bonds is 3. The normalized spacial score (nSPS) is 23.9. The highest BCUT2D eigenvalue weighted by atomic mass is 16.6. The number of ether oxygens (including phenoxy) is 3. The Morgan fingerprint density at radius 1 is 1.18 bits per heavy atom. The van der Waals surface area contributed by atoms with Gasteiger partial charge >= 0.3 is 5.97 Å². The second-order valence-corrected chi connectivity index (χ2v) is 5.06. The fraction of sp³-hybridized carbons (Fsp3) is 0.312. The molecule has 1 fully saturated rings. The van der Waals surface area contributed by atoms with Crippen molar-refractivity contribution < 1.29 is 28.6 Å². The molecule has 3 rings (SSSR count). The summed E-state index contributed by atoms with van der Waals surface area (Å²) in [6.07, 6.45) is -0.149. The van der Waals surface area contributed by atoms with E-state index in [4.69, 9.17) is 14.2 Å². The van der Waals surface area contributed by atoms with Crippen LogP contribution in [0.2, 0.25) is 0 Å². The van der Waals surface area contributed by atoms with Gasteiger partial charge in [-0.3, -0.25) is 14.4 Å². The maximum atomic E-state index is 12.7. The van der Waals surface area contributed by atoms with Crippen LogP contribution >= 0.6 is 0 Å². The van der Waals surface area contributed by atoms with Gasteiger partial charge in [0.05, 0.1) is 19.1 Å². The molecule has 0 amide bonds. The first-order chi connectivity index (χ1) is 10.6. The molecule has 6 nitrogen and oxygen atoms in total. The highest BCUT2D eigenvalue weighted by Gasteiger charge is 2.42. The molecule has 22 heavy (non-hydrogen) atoms. The predicted octanol–water partition coefficient (Wildman–Crippen LogP) is 1.33. The van der Waals surface area contributed by atoms with E-state index in [0.29, 0.717) is 5.75 Å². The summed E-state index contributed by atoms with van der Waals surface area (Å²) >= 11 is 0. The Bertz CT molecular complexity index is 703. The van der Waals surface area contributed by atoms with Gasteiger partial charge in [0, 0.05) is 18.2 Å². The molecule has 1 aliphatic carbocycles. The number of carbonyl (C=O) groups is 3. The van der Waals surface area contributed by atoms with Gasteiger partial charge in [0.25, 0.3) is 0 Å². The van der Waals surface area contributed by atoms with Crippen molar-refractivity contribution in [3.05, 3.63) is 41.0 Å². The van der Waals surface area contributed by atoms with Crippen LogP contribution in [0.1, 0.15) is 27.1 Å². The standard InChI is InChI=1S/C16H14O6/c1-20-11-5-3-4-8-14(11)10(17)6-9(15(8)19)16-12(21-2)7-13(18)22-16/h3-6,12,16H,7H2,1-2H3/t12-,16-/m0/s1. The zero-order chi connectivity index (χ0) is 15.9. The van der Waals surface area contributed by atoms with Crippen LogP contribution in [0.25, 0.3) is 0 Å². The third kappa shape index (κ3) is 2.12. The highest BCUT2D eigenvalue weighted by molar-refractivity contribution is 6.26. The summed E-state index contributed by atoms with van der Waals surface area (Å²) < 4.78 is 15.5. The van der Waals surface area contributed by atoms with E-state index in [1.807, 2.05) is 0 Å². The summed E-state index contributed by atoms with van der Waals surface area (Å²) in [5, 5.41) is 0. The molecule has 114 valence electrons. The quantitative estimate of drug-likeness (QED) is 0.784. The molecular formula is C16H14O6. The van der Waals surface area contributed by atoms with Crippen LogP contribution in [0.5, 0.6) is 5.75 Å². The van der Waals surface area contributed by atoms with E-state index in [0.717, 1.165) is 0 Å². The average molecular weight is 302 g/mol. The summed E-state index contributed by atoms with van der Waals surface area (Å²) in [5.74, 6) is -0.803. The van der Waals surface area contributed by atoms with Gasteiger partial charge in [-0.15, -0.1) is 0 Å². The number of fused-ring (bicyclic) bond motifs is 1. The summed E-state index contributed by atoms with van der Waals surface area (Å²) in [4.78, 5) is 36.5. The Kier molecular flexibility index (Phi) is 3.54. The monoisotopic (exact) mass is 302 g/mol. The molecule has 1 aliphatic heterocycles. The van der Waals surface area contributed by atoms with Gasteiger partial charge in [0.1, 0.15) is 11.9 Å². The maximum Gasteiger partial charge on any atom is 0.309 e. The molecule has 1 heterocycles. The summed E-state index contributed by atoms with van der Waals surface area (Å²) in [7, 11) is 2.87. The van der Waals surface area contributed by atoms with Crippen molar-refractivity contribution >= 4 is 17.5 Å². The molecule has 0 spiro atoms. The van der Waals surface area contributed by atoms with E-state index in [1.54, 1.807) is 18.2 Å². The van der Waals surface area contributed by atoms with Crippen molar-refractivity contribution in [3.8, 4) is 5.75 Å². The molecule has 2 aliphatic rings. The number of cyclic esters (lactones) is 1. The molecule has 0 radical (unpaired) electrons. The Morgan fingerprint density at radius 3 is 2.64 bits per heavy atom. The van der Waals surface area contributed by atoms with Crippen LogP contribution in [0.15, 0.2) is 29.8 Å². The minimum atomic E-state index is -0.853. The van der Waals surface area contributed by atoms with Gasteiger partial charge in [-0.1, -0.05) is 12.1 Å². The van der Waals surface area contributed by atoms with Crippen LogP contribution in [-0.4, -0.2) is 44.0 Å². The average Bonchev–Trinajstić information content (AvgIpc) is 2.90. The van der Waals surface area contributed by atoms with Crippen molar-refractivity contribution in [3.63, 3.8) is 0 Å². The lowest BCUT2D eigenvalue weighted by atomic mass is 9.85. The zero-order valence-corrected chi connectivity index (χ0v) is 12.1. The van der Waals surface area contributed by atoms with E-state index in [9.17, 15) is 14.4 Å². The molecular weight excluding hydrogens is 288 g/mol. The Labute approximate surface area is 126 Å². The van der Waals surface area contributed by atoms with E-state index in [1.165, 1.54) is 20.3 Å². The SMILES string of the molecule is COc1cccc2c1C(=O)C=C([C@@H]1OC(=O)C[C@@H]1OC)C2=O. The molecule has 1 aromatic carbocycles. The number of Topliss-reactive ketones (excluding diaryl/α,β-unsaturated/α-hetero) is 1. The third-order valence-corrected chi connectivity index (χ3v) is 3.86. The second kappa shape index (κ2) is 5.38. The number of carbonyl (C=O) groups excluding carboxylic acids is 3. The van der Waals surface area contributed by atoms with Crippen molar-refractivity contribution in [1.29, 1.82) is 0 Å². The Hall–Kier alpha value is -2.47. The van der Waals surface area contributed by atoms with E-state index in [-0.39, 0.29) is 34.7 Å². The van der Waals surface area contributed by atoms with Crippen LogP contribution in [0, 0.1) is 0 Å². The van der Waals surface area contributed by atoms with Gasteiger partial charge in [-0.2, -0.15) is 0 Å². The predicted molar refractivity (Wildman–Crippen MR) is 75.0 cm³/mol.